The molecule has 1 saturated carbocycles. The van der Waals surface area contributed by atoms with E-state index in [0.717, 1.165) is 24.0 Å². The number of nitrogens with one attached hydrogen (secondary N) is 1. The van der Waals surface area contributed by atoms with Gasteiger partial charge in [-0.1, -0.05) is 30.3 Å². The summed E-state index contributed by atoms with van der Waals surface area (Å²) in [6.45, 7) is 0. The summed E-state index contributed by atoms with van der Waals surface area (Å²) < 4.78 is 0. The summed E-state index contributed by atoms with van der Waals surface area (Å²) >= 11 is 0. The molecule has 6 heteroatoms. The van der Waals surface area contributed by atoms with Crippen LogP contribution in [-0.2, 0) is 16.0 Å². The van der Waals surface area contributed by atoms with Crippen molar-refractivity contribution in [3.8, 4) is 0 Å². The maximum atomic E-state index is 12.4. The van der Waals surface area contributed by atoms with E-state index in [1.807, 2.05) is 30.3 Å². The van der Waals surface area contributed by atoms with Gasteiger partial charge in [0.2, 0.25) is 5.78 Å². The van der Waals surface area contributed by atoms with E-state index in [1.165, 1.54) is 6.07 Å². The highest BCUT2D eigenvalue weighted by atomic mass is 16.4. The smallest absolute Gasteiger partial charge is 0.372 e. The molecule has 0 spiro atoms. The van der Waals surface area contributed by atoms with E-state index in [1.54, 1.807) is 12.1 Å². The standard InChI is InChI=1S/C21H19NO5/c23-18(12-19(24)21(26)27)15-9-14(8-13-4-2-1-3-5-13)10-16(11-15)20(25)22-17-6-7-17/h1-5,9-11,17H,6-8,12H2,(H,22,25)(H,26,27). The van der Waals surface area contributed by atoms with E-state index in [0.29, 0.717) is 12.0 Å². The van der Waals surface area contributed by atoms with Crippen LogP contribution in [-0.4, -0.2) is 34.6 Å². The van der Waals surface area contributed by atoms with Crippen molar-refractivity contribution in [3.63, 3.8) is 0 Å². The summed E-state index contributed by atoms with van der Waals surface area (Å²) in [4.78, 5) is 46.9. The summed E-state index contributed by atoms with van der Waals surface area (Å²) in [5.74, 6) is -3.70. The number of carbonyl (C=O) groups excluding carboxylic acids is 3. The Bertz CT molecular complexity index is 900. The number of rotatable bonds is 8. The number of amides is 1. The van der Waals surface area contributed by atoms with Crippen LogP contribution in [0.1, 0.15) is 51.1 Å². The molecular weight excluding hydrogens is 346 g/mol. The number of hydrogen-bond acceptors (Lipinski definition) is 4. The maximum Gasteiger partial charge on any atom is 0.372 e. The highest BCUT2D eigenvalue weighted by Crippen LogP contribution is 2.21. The minimum atomic E-state index is -1.64. The van der Waals surface area contributed by atoms with Gasteiger partial charge >= 0.3 is 5.97 Å². The number of benzene rings is 2. The summed E-state index contributed by atoms with van der Waals surface area (Å²) in [5, 5.41) is 11.6. The topological polar surface area (TPSA) is 101 Å². The van der Waals surface area contributed by atoms with Crippen LogP contribution in [0.15, 0.2) is 48.5 Å². The molecule has 138 valence electrons. The lowest BCUT2D eigenvalue weighted by molar-refractivity contribution is -0.148. The summed E-state index contributed by atoms with van der Waals surface area (Å²) in [6.07, 6.45) is 1.66. The van der Waals surface area contributed by atoms with E-state index in [2.05, 4.69) is 5.32 Å². The second-order valence-electron chi connectivity index (χ2n) is 6.66. The number of carbonyl (C=O) groups is 4. The lowest BCUT2D eigenvalue weighted by atomic mass is 9.96. The van der Waals surface area contributed by atoms with Gasteiger partial charge in [-0.25, -0.2) is 4.79 Å². The highest BCUT2D eigenvalue weighted by molar-refractivity contribution is 6.37. The Morgan fingerprint density at radius 2 is 1.59 bits per heavy atom. The van der Waals surface area contributed by atoms with Crippen LogP contribution in [0, 0.1) is 0 Å². The van der Waals surface area contributed by atoms with E-state index < -0.39 is 24.0 Å². The zero-order valence-corrected chi connectivity index (χ0v) is 14.6. The molecule has 1 fully saturated rings. The van der Waals surface area contributed by atoms with Gasteiger partial charge in [0.15, 0.2) is 5.78 Å². The van der Waals surface area contributed by atoms with E-state index in [4.69, 9.17) is 5.11 Å². The minimum absolute atomic E-state index is 0.166. The molecule has 0 radical (unpaired) electrons. The molecule has 2 N–H and O–H groups in total. The van der Waals surface area contributed by atoms with Gasteiger partial charge in [-0.2, -0.15) is 0 Å². The second kappa shape index (κ2) is 7.95. The van der Waals surface area contributed by atoms with Crippen molar-refractivity contribution in [2.75, 3.05) is 0 Å². The fourth-order valence-corrected chi connectivity index (χ4v) is 2.74. The number of Topliss-reactive ketones (excluding diaryl/α,β-unsaturated/α-hetero) is 2. The Kier molecular flexibility index (Phi) is 5.45. The molecule has 1 aliphatic carbocycles. The molecule has 0 aliphatic heterocycles. The average Bonchev–Trinajstić information content (AvgIpc) is 3.46. The molecular formula is C21H19NO5. The Morgan fingerprint density at radius 3 is 2.22 bits per heavy atom. The largest absolute Gasteiger partial charge is 0.475 e. The number of aliphatic carboxylic acids is 1. The van der Waals surface area contributed by atoms with Crippen LogP contribution in [0.3, 0.4) is 0 Å². The first kappa shape index (κ1) is 18.5. The SMILES string of the molecule is O=C(O)C(=O)CC(=O)c1cc(Cc2ccccc2)cc(C(=O)NC2CC2)c1. The zero-order valence-electron chi connectivity index (χ0n) is 14.6. The molecule has 0 saturated heterocycles. The van der Waals surface area contributed by atoms with Crippen LogP contribution in [0.25, 0.3) is 0 Å². The Hall–Kier alpha value is -3.28. The third-order valence-corrected chi connectivity index (χ3v) is 4.30. The van der Waals surface area contributed by atoms with Crippen molar-refractivity contribution in [1.82, 2.24) is 5.32 Å². The lowest BCUT2D eigenvalue weighted by Crippen LogP contribution is -2.26. The normalized spacial score (nSPS) is 13.0. The van der Waals surface area contributed by atoms with Gasteiger partial charge in [0.25, 0.3) is 5.91 Å². The van der Waals surface area contributed by atoms with Crippen LogP contribution in [0.4, 0.5) is 0 Å². The van der Waals surface area contributed by atoms with Crippen molar-refractivity contribution in [2.24, 2.45) is 0 Å². The molecule has 0 aromatic heterocycles. The molecule has 0 atom stereocenters. The van der Waals surface area contributed by atoms with Gasteiger partial charge < -0.3 is 10.4 Å². The van der Waals surface area contributed by atoms with E-state index in [9.17, 15) is 19.2 Å². The summed E-state index contributed by atoms with van der Waals surface area (Å²) in [6, 6.07) is 14.5. The molecule has 2 aromatic carbocycles. The molecule has 0 bridgehead atoms. The van der Waals surface area contributed by atoms with Crippen molar-refractivity contribution < 1.29 is 24.3 Å². The average molecular weight is 365 g/mol. The third kappa shape index (κ3) is 5.10. The number of ketones is 2. The van der Waals surface area contributed by atoms with Crippen molar-refractivity contribution in [2.45, 2.75) is 31.7 Å². The molecule has 1 amide bonds. The van der Waals surface area contributed by atoms with Gasteiger partial charge in [0.1, 0.15) is 0 Å². The Balaban J connectivity index is 1.89. The van der Waals surface area contributed by atoms with Gasteiger partial charge in [0.05, 0.1) is 6.42 Å². The molecule has 0 unspecified atom stereocenters. The molecule has 2 aromatic rings. The monoisotopic (exact) mass is 365 g/mol. The first-order chi connectivity index (χ1) is 12.9. The second-order valence-corrected chi connectivity index (χ2v) is 6.66. The van der Waals surface area contributed by atoms with E-state index >= 15 is 0 Å². The third-order valence-electron chi connectivity index (χ3n) is 4.30. The van der Waals surface area contributed by atoms with Gasteiger partial charge in [-0.05, 0) is 48.6 Å². The fraction of sp³-hybridized carbons (Fsp3) is 0.238. The molecule has 3 rings (SSSR count). The zero-order chi connectivity index (χ0) is 19.4. The number of carboxylic acids is 1. The van der Waals surface area contributed by atoms with Gasteiger partial charge in [-0.15, -0.1) is 0 Å². The summed E-state index contributed by atoms with van der Waals surface area (Å²) in [5.41, 5.74) is 2.26. The fourth-order valence-electron chi connectivity index (χ4n) is 2.74. The first-order valence-corrected chi connectivity index (χ1v) is 8.70. The van der Waals surface area contributed by atoms with Gasteiger partial charge in [-0.3, -0.25) is 14.4 Å². The van der Waals surface area contributed by atoms with Crippen molar-refractivity contribution in [3.05, 3.63) is 70.8 Å². The highest BCUT2D eigenvalue weighted by Gasteiger charge is 2.25. The van der Waals surface area contributed by atoms with Crippen molar-refractivity contribution in [1.29, 1.82) is 0 Å². The molecule has 6 nitrogen and oxygen atoms in total. The predicted octanol–water partition coefficient (Wildman–Crippen LogP) is 2.40. The maximum absolute atomic E-state index is 12.4. The number of carboxylic acid groups (broad SMARTS) is 1. The van der Waals surface area contributed by atoms with Crippen LogP contribution in [0.2, 0.25) is 0 Å². The Labute approximate surface area is 156 Å². The van der Waals surface area contributed by atoms with E-state index in [-0.39, 0.29) is 17.5 Å². The Morgan fingerprint density at radius 1 is 0.926 bits per heavy atom. The van der Waals surface area contributed by atoms with Crippen molar-refractivity contribution >= 4 is 23.4 Å². The lowest BCUT2D eigenvalue weighted by Gasteiger charge is -2.10. The van der Waals surface area contributed by atoms with Crippen LogP contribution >= 0.6 is 0 Å². The molecule has 0 heterocycles. The molecule has 27 heavy (non-hydrogen) atoms. The first-order valence-electron chi connectivity index (χ1n) is 8.70. The molecule has 1 aliphatic rings. The summed E-state index contributed by atoms with van der Waals surface area (Å²) in [7, 11) is 0. The van der Waals surface area contributed by atoms with Crippen LogP contribution in [0.5, 0.6) is 0 Å². The quantitative estimate of drug-likeness (QED) is 0.425. The van der Waals surface area contributed by atoms with Crippen LogP contribution < -0.4 is 5.32 Å². The van der Waals surface area contributed by atoms with Gasteiger partial charge in [0, 0.05) is 17.2 Å². The minimum Gasteiger partial charge on any atom is -0.475 e. The predicted molar refractivity (Wildman–Crippen MR) is 97.8 cm³/mol. The number of hydrogen-bond donors (Lipinski definition) is 2.